The molecule has 3 rings (SSSR count). The number of carbonyl (C=O) groups is 2. The SMILES string of the molecule is COCCOc1ccc(C(C)NC(=O)C2(c3ccccc3)CCN(C(C)=O)CC2)cc1OC. The number of ether oxygens (including phenoxy) is 3. The number of nitrogens with zero attached hydrogens (tertiary/aromatic N) is 1. The molecule has 0 saturated carbocycles. The van der Waals surface area contributed by atoms with Crippen LogP contribution in [0.5, 0.6) is 11.5 Å². The third-order valence-electron chi connectivity index (χ3n) is 6.40. The Labute approximate surface area is 196 Å². The van der Waals surface area contributed by atoms with Crippen LogP contribution in [0.2, 0.25) is 0 Å². The fraction of sp³-hybridized carbons (Fsp3) is 0.462. The van der Waals surface area contributed by atoms with Gasteiger partial charge in [0.05, 0.1) is 25.2 Å². The second kappa shape index (κ2) is 11.2. The van der Waals surface area contributed by atoms with Gasteiger partial charge in [-0.1, -0.05) is 36.4 Å². The lowest BCUT2D eigenvalue weighted by Crippen LogP contribution is -2.52. The first-order valence-corrected chi connectivity index (χ1v) is 11.3. The zero-order chi connectivity index (χ0) is 23.8. The van der Waals surface area contributed by atoms with Gasteiger partial charge in [-0.25, -0.2) is 0 Å². The number of benzene rings is 2. The van der Waals surface area contributed by atoms with Gasteiger partial charge in [0.25, 0.3) is 0 Å². The minimum atomic E-state index is -0.672. The van der Waals surface area contributed by atoms with Crippen LogP contribution in [0.15, 0.2) is 48.5 Å². The molecule has 178 valence electrons. The van der Waals surface area contributed by atoms with Crippen molar-refractivity contribution in [2.75, 3.05) is 40.5 Å². The Morgan fingerprint density at radius 2 is 1.73 bits per heavy atom. The molecule has 0 spiro atoms. The van der Waals surface area contributed by atoms with E-state index in [4.69, 9.17) is 14.2 Å². The highest BCUT2D eigenvalue weighted by atomic mass is 16.5. The van der Waals surface area contributed by atoms with E-state index in [1.807, 2.05) is 60.4 Å². The summed E-state index contributed by atoms with van der Waals surface area (Å²) in [7, 11) is 3.22. The van der Waals surface area contributed by atoms with E-state index in [0.29, 0.717) is 50.6 Å². The summed E-state index contributed by atoms with van der Waals surface area (Å²) >= 11 is 0. The van der Waals surface area contributed by atoms with Crippen LogP contribution in [-0.2, 0) is 19.7 Å². The Morgan fingerprint density at radius 1 is 1.03 bits per heavy atom. The van der Waals surface area contributed by atoms with Crippen LogP contribution < -0.4 is 14.8 Å². The van der Waals surface area contributed by atoms with Gasteiger partial charge in [0.1, 0.15) is 6.61 Å². The van der Waals surface area contributed by atoms with Crippen molar-refractivity contribution in [3.05, 3.63) is 59.7 Å². The topological polar surface area (TPSA) is 77.1 Å². The second-order valence-electron chi connectivity index (χ2n) is 8.40. The molecule has 2 aromatic carbocycles. The molecule has 1 aliphatic heterocycles. The van der Waals surface area contributed by atoms with Gasteiger partial charge in [-0.2, -0.15) is 0 Å². The molecule has 1 N–H and O–H groups in total. The standard InChI is InChI=1S/C26H34N2O5/c1-19(21-10-11-23(24(18-21)32-4)33-17-16-31-3)27-25(30)26(22-8-6-5-7-9-22)12-14-28(15-13-26)20(2)29/h5-11,18-19H,12-17H2,1-4H3,(H,27,30). The second-order valence-corrected chi connectivity index (χ2v) is 8.40. The molecule has 1 aliphatic rings. The Morgan fingerprint density at radius 3 is 2.33 bits per heavy atom. The Bertz CT molecular complexity index is 939. The molecule has 0 radical (unpaired) electrons. The molecular weight excluding hydrogens is 420 g/mol. The van der Waals surface area contributed by atoms with Gasteiger partial charge >= 0.3 is 0 Å². The van der Waals surface area contributed by atoms with E-state index in [9.17, 15) is 9.59 Å². The monoisotopic (exact) mass is 454 g/mol. The van der Waals surface area contributed by atoms with E-state index in [2.05, 4.69) is 5.32 Å². The van der Waals surface area contributed by atoms with Crippen LogP contribution in [0.1, 0.15) is 43.9 Å². The third-order valence-corrected chi connectivity index (χ3v) is 6.40. The number of amides is 2. The predicted molar refractivity (Wildman–Crippen MR) is 127 cm³/mol. The summed E-state index contributed by atoms with van der Waals surface area (Å²) in [5, 5.41) is 3.21. The number of piperidine rings is 1. The number of methoxy groups -OCH3 is 2. The smallest absolute Gasteiger partial charge is 0.231 e. The van der Waals surface area contributed by atoms with Crippen LogP contribution in [-0.4, -0.2) is 57.2 Å². The van der Waals surface area contributed by atoms with Gasteiger partial charge in [0.15, 0.2) is 11.5 Å². The summed E-state index contributed by atoms with van der Waals surface area (Å²) in [4.78, 5) is 27.3. The molecule has 0 aromatic heterocycles. The number of hydrogen-bond donors (Lipinski definition) is 1. The normalized spacial score (nSPS) is 16.1. The predicted octanol–water partition coefficient (Wildman–Crippen LogP) is 3.48. The van der Waals surface area contributed by atoms with Crippen molar-refractivity contribution in [2.24, 2.45) is 0 Å². The highest BCUT2D eigenvalue weighted by Gasteiger charge is 2.43. The molecule has 1 saturated heterocycles. The van der Waals surface area contributed by atoms with E-state index in [-0.39, 0.29) is 17.9 Å². The van der Waals surface area contributed by atoms with E-state index >= 15 is 0 Å². The van der Waals surface area contributed by atoms with Crippen molar-refractivity contribution in [1.82, 2.24) is 10.2 Å². The fourth-order valence-electron chi connectivity index (χ4n) is 4.33. The first-order valence-electron chi connectivity index (χ1n) is 11.3. The first kappa shape index (κ1) is 24.6. The average Bonchev–Trinajstić information content (AvgIpc) is 2.84. The van der Waals surface area contributed by atoms with E-state index in [1.165, 1.54) is 0 Å². The maximum atomic E-state index is 13.7. The number of carbonyl (C=O) groups excluding carboxylic acids is 2. The van der Waals surface area contributed by atoms with Gasteiger partial charge < -0.3 is 24.4 Å². The summed E-state index contributed by atoms with van der Waals surface area (Å²) in [6.07, 6.45) is 1.18. The van der Waals surface area contributed by atoms with Crippen LogP contribution >= 0.6 is 0 Å². The molecule has 1 fully saturated rings. The van der Waals surface area contributed by atoms with Crippen LogP contribution in [0, 0.1) is 0 Å². The summed E-state index contributed by atoms with van der Waals surface area (Å²) in [5.41, 5.74) is 1.23. The molecular formula is C26H34N2O5. The van der Waals surface area contributed by atoms with Crippen molar-refractivity contribution in [1.29, 1.82) is 0 Å². The molecule has 7 nitrogen and oxygen atoms in total. The van der Waals surface area contributed by atoms with E-state index < -0.39 is 5.41 Å². The van der Waals surface area contributed by atoms with Gasteiger partial charge in [-0.15, -0.1) is 0 Å². The lowest BCUT2D eigenvalue weighted by molar-refractivity contribution is -0.135. The van der Waals surface area contributed by atoms with Crippen LogP contribution in [0.4, 0.5) is 0 Å². The third kappa shape index (κ3) is 5.66. The van der Waals surface area contributed by atoms with Crippen molar-refractivity contribution in [3.8, 4) is 11.5 Å². The summed E-state index contributed by atoms with van der Waals surface area (Å²) < 4.78 is 16.2. The Kier molecular flexibility index (Phi) is 8.33. The lowest BCUT2D eigenvalue weighted by Gasteiger charge is -2.41. The molecule has 2 amide bonds. The zero-order valence-electron chi connectivity index (χ0n) is 19.9. The van der Waals surface area contributed by atoms with Crippen LogP contribution in [0.25, 0.3) is 0 Å². The molecule has 1 heterocycles. The minimum absolute atomic E-state index is 0.0243. The van der Waals surface area contributed by atoms with Gasteiger partial charge in [-0.3, -0.25) is 9.59 Å². The van der Waals surface area contributed by atoms with Crippen molar-refractivity contribution < 1.29 is 23.8 Å². The lowest BCUT2D eigenvalue weighted by atomic mass is 9.71. The molecule has 2 aromatic rings. The maximum Gasteiger partial charge on any atom is 0.231 e. The molecule has 0 aliphatic carbocycles. The molecule has 33 heavy (non-hydrogen) atoms. The number of nitrogens with one attached hydrogen (secondary N) is 1. The Hall–Kier alpha value is -3.06. The number of hydrogen-bond acceptors (Lipinski definition) is 5. The Balaban J connectivity index is 1.79. The van der Waals surface area contributed by atoms with Gasteiger partial charge in [0, 0.05) is 27.1 Å². The minimum Gasteiger partial charge on any atom is -0.493 e. The van der Waals surface area contributed by atoms with Crippen molar-refractivity contribution in [3.63, 3.8) is 0 Å². The van der Waals surface area contributed by atoms with E-state index in [0.717, 1.165) is 11.1 Å². The van der Waals surface area contributed by atoms with Crippen LogP contribution in [0.3, 0.4) is 0 Å². The highest BCUT2D eigenvalue weighted by molar-refractivity contribution is 5.89. The highest BCUT2D eigenvalue weighted by Crippen LogP contribution is 2.37. The molecule has 1 atom stereocenters. The fourth-order valence-corrected chi connectivity index (χ4v) is 4.33. The van der Waals surface area contributed by atoms with E-state index in [1.54, 1.807) is 21.1 Å². The summed E-state index contributed by atoms with van der Waals surface area (Å²) in [5.74, 6) is 1.26. The molecule has 1 unspecified atom stereocenters. The average molecular weight is 455 g/mol. The first-order chi connectivity index (χ1) is 15.9. The summed E-state index contributed by atoms with van der Waals surface area (Å²) in [6, 6.07) is 15.3. The van der Waals surface area contributed by atoms with Crippen molar-refractivity contribution in [2.45, 2.75) is 38.1 Å². The number of rotatable bonds is 9. The molecule has 0 bridgehead atoms. The zero-order valence-corrected chi connectivity index (χ0v) is 19.9. The van der Waals surface area contributed by atoms with Gasteiger partial charge in [0.2, 0.25) is 11.8 Å². The quantitative estimate of drug-likeness (QED) is 0.587. The largest absolute Gasteiger partial charge is 0.493 e. The molecule has 7 heteroatoms. The summed E-state index contributed by atoms with van der Waals surface area (Å²) in [6.45, 7) is 5.57. The van der Waals surface area contributed by atoms with Crippen molar-refractivity contribution >= 4 is 11.8 Å². The number of likely N-dealkylation sites (tertiary alicyclic amines) is 1. The van der Waals surface area contributed by atoms with Gasteiger partial charge in [-0.05, 0) is 43.0 Å². The maximum absolute atomic E-state index is 13.7.